The minimum atomic E-state index is -4.93. The summed E-state index contributed by atoms with van der Waals surface area (Å²) < 4.78 is 50.3. The van der Waals surface area contributed by atoms with E-state index in [1.807, 2.05) is 0 Å². The molecule has 0 radical (unpaired) electrons. The van der Waals surface area contributed by atoms with Crippen molar-refractivity contribution in [2.75, 3.05) is 19.5 Å². The van der Waals surface area contributed by atoms with E-state index in [-0.39, 0.29) is 11.4 Å². The fraction of sp³-hybridized carbons (Fsp3) is 0.458. The summed E-state index contributed by atoms with van der Waals surface area (Å²) in [6.45, 7) is 5.38. The summed E-state index contributed by atoms with van der Waals surface area (Å²) in [4.78, 5) is 12.8. The number of aliphatic hydroxyl groups is 2. The maximum Gasteiger partial charge on any atom is 0.418 e. The largest absolute Gasteiger partial charge is 0.497 e. The highest BCUT2D eigenvalue weighted by molar-refractivity contribution is 5.92. The Balaban J connectivity index is 1.89. The second-order valence-electron chi connectivity index (χ2n) is 9.26. The molecule has 10 heteroatoms. The molecule has 3 rings (SSSR count). The molecule has 0 aromatic heterocycles. The van der Waals surface area contributed by atoms with Crippen LogP contribution >= 0.6 is 0 Å². The highest BCUT2D eigenvalue weighted by atomic mass is 19.4. The molecule has 1 aliphatic carbocycles. The van der Waals surface area contributed by atoms with E-state index in [2.05, 4.69) is 10.6 Å². The molecular weight excluding hydrogens is 453 g/mol. The van der Waals surface area contributed by atoms with Gasteiger partial charge in [-0.25, -0.2) is 4.79 Å². The Labute approximate surface area is 195 Å². The first kappa shape index (κ1) is 25.6. The Morgan fingerprint density at radius 2 is 1.79 bits per heavy atom. The molecule has 0 aliphatic heterocycles. The molecule has 0 bridgehead atoms. The predicted molar refractivity (Wildman–Crippen MR) is 120 cm³/mol. The number of aliphatic hydroxyl groups excluding tert-OH is 2. The minimum absolute atomic E-state index is 0.0302. The Morgan fingerprint density at radius 3 is 2.35 bits per heavy atom. The standard InChI is InChI=1S/C24H29F3N2O5/c1-23(2,3)13-10-16(21(31)24(25,26)27)20(34-5)18(11-13)29-22(32)28-17-9-12-8-14(33-4)6-7-15(12)19(17)30/h6-8,10-11,17,19,21,30-31H,9H2,1-5H3,(H2,28,29,32)/t17-,19+,21+/m0/s1. The van der Waals surface area contributed by atoms with Gasteiger partial charge in [-0.05, 0) is 52.8 Å². The molecule has 0 spiro atoms. The van der Waals surface area contributed by atoms with Crippen LogP contribution in [0.4, 0.5) is 23.7 Å². The summed E-state index contributed by atoms with van der Waals surface area (Å²) in [5.74, 6) is 0.323. The summed E-state index contributed by atoms with van der Waals surface area (Å²) >= 11 is 0. The summed E-state index contributed by atoms with van der Waals surface area (Å²) in [6.07, 6.45) is -8.34. The van der Waals surface area contributed by atoms with Crippen LogP contribution in [0.3, 0.4) is 0 Å². The maximum atomic E-state index is 13.3. The highest BCUT2D eigenvalue weighted by Gasteiger charge is 2.42. The van der Waals surface area contributed by atoms with E-state index in [9.17, 15) is 28.2 Å². The number of hydrogen-bond donors (Lipinski definition) is 4. The quantitative estimate of drug-likeness (QED) is 0.507. The molecule has 2 amide bonds. The Morgan fingerprint density at radius 1 is 1.12 bits per heavy atom. The Kier molecular flexibility index (Phi) is 7.05. The van der Waals surface area contributed by atoms with Crippen molar-refractivity contribution in [2.24, 2.45) is 0 Å². The van der Waals surface area contributed by atoms with Crippen molar-refractivity contribution in [3.05, 3.63) is 52.6 Å². The van der Waals surface area contributed by atoms with Gasteiger partial charge in [-0.15, -0.1) is 0 Å². The summed E-state index contributed by atoms with van der Waals surface area (Å²) in [5.41, 5.74) is 0.827. The van der Waals surface area contributed by atoms with Crippen molar-refractivity contribution >= 4 is 11.7 Å². The first-order valence-corrected chi connectivity index (χ1v) is 10.7. The number of halogens is 3. The number of fused-ring (bicyclic) bond motifs is 1. The molecule has 3 atom stereocenters. The highest BCUT2D eigenvalue weighted by Crippen LogP contribution is 2.43. The smallest absolute Gasteiger partial charge is 0.418 e. The minimum Gasteiger partial charge on any atom is -0.497 e. The van der Waals surface area contributed by atoms with Gasteiger partial charge in [-0.3, -0.25) is 0 Å². The third kappa shape index (κ3) is 5.23. The van der Waals surface area contributed by atoms with E-state index < -0.39 is 41.4 Å². The molecular formula is C24H29F3N2O5. The topological polar surface area (TPSA) is 100 Å². The zero-order chi connectivity index (χ0) is 25.4. The van der Waals surface area contributed by atoms with Gasteiger partial charge in [0.2, 0.25) is 0 Å². The van der Waals surface area contributed by atoms with Crippen LogP contribution in [0, 0.1) is 0 Å². The van der Waals surface area contributed by atoms with E-state index in [1.165, 1.54) is 19.2 Å². The monoisotopic (exact) mass is 482 g/mol. The molecule has 0 heterocycles. The van der Waals surface area contributed by atoms with Crippen molar-refractivity contribution in [1.82, 2.24) is 5.32 Å². The van der Waals surface area contributed by atoms with Gasteiger partial charge in [0, 0.05) is 5.56 Å². The lowest BCUT2D eigenvalue weighted by molar-refractivity contribution is -0.207. The molecule has 0 unspecified atom stereocenters. The number of hydrogen-bond acceptors (Lipinski definition) is 5. The van der Waals surface area contributed by atoms with Gasteiger partial charge in [-0.1, -0.05) is 26.8 Å². The lowest BCUT2D eigenvalue weighted by Crippen LogP contribution is -2.40. The average molecular weight is 482 g/mol. The van der Waals surface area contributed by atoms with Crippen molar-refractivity contribution in [3.8, 4) is 11.5 Å². The van der Waals surface area contributed by atoms with Crippen LogP contribution in [-0.2, 0) is 11.8 Å². The molecule has 2 aromatic rings. The second kappa shape index (κ2) is 9.34. The normalized spacial score (nSPS) is 18.8. The first-order valence-electron chi connectivity index (χ1n) is 10.7. The van der Waals surface area contributed by atoms with Gasteiger partial charge >= 0.3 is 12.2 Å². The number of rotatable bonds is 5. The van der Waals surface area contributed by atoms with Crippen LogP contribution in [0.15, 0.2) is 30.3 Å². The third-order valence-electron chi connectivity index (χ3n) is 5.85. The number of nitrogens with one attached hydrogen (secondary N) is 2. The van der Waals surface area contributed by atoms with Gasteiger partial charge in [-0.2, -0.15) is 13.2 Å². The van der Waals surface area contributed by atoms with Crippen LogP contribution in [0.2, 0.25) is 0 Å². The van der Waals surface area contributed by atoms with E-state index in [0.29, 0.717) is 23.3 Å². The number of alkyl halides is 3. The molecule has 0 saturated heterocycles. The summed E-state index contributed by atoms with van der Waals surface area (Å²) in [5, 5.41) is 25.8. The van der Waals surface area contributed by atoms with Crippen molar-refractivity contribution in [1.29, 1.82) is 0 Å². The third-order valence-corrected chi connectivity index (χ3v) is 5.85. The maximum absolute atomic E-state index is 13.3. The molecule has 4 N–H and O–H groups in total. The number of benzene rings is 2. The molecule has 0 saturated carbocycles. The number of urea groups is 1. The number of carbonyl (C=O) groups excluding carboxylic acids is 1. The molecule has 186 valence electrons. The second-order valence-corrected chi connectivity index (χ2v) is 9.26. The van der Waals surface area contributed by atoms with Crippen LogP contribution in [0.1, 0.15) is 55.2 Å². The summed E-state index contributed by atoms with van der Waals surface area (Å²) in [6, 6.07) is 6.55. The number of methoxy groups -OCH3 is 2. The van der Waals surface area contributed by atoms with E-state index in [0.717, 1.165) is 12.7 Å². The number of anilines is 1. The summed E-state index contributed by atoms with van der Waals surface area (Å²) in [7, 11) is 2.69. The average Bonchev–Trinajstić information content (AvgIpc) is 3.05. The van der Waals surface area contributed by atoms with E-state index >= 15 is 0 Å². The van der Waals surface area contributed by atoms with Crippen LogP contribution in [-0.4, -0.2) is 42.7 Å². The van der Waals surface area contributed by atoms with Gasteiger partial charge in [0.15, 0.2) is 6.10 Å². The van der Waals surface area contributed by atoms with Crippen LogP contribution < -0.4 is 20.1 Å². The van der Waals surface area contributed by atoms with Crippen molar-refractivity contribution in [3.63, 3.8) is 0 Å². The van der Waals surface area contributed by atoms with E-state index in [4.69, 9.17) is 9.47 Å². The fourth-order valence-electron chi connectivity index (χ4n) is 3.98. The molecule has 34 heavy (non-hydrogen) atoms. The van der Waals surface area contributed by atoms with Gasteiger partial charge in [0.05, 0.1) is 32.1 Å². The fourth-order valence-corrected chi connectivity index (χ4v) is 3.98. The van der Waals surface area contributed by atoms with Gasteiger partial charge in [0.25, 0.3) is 0 Å². The Hall–Kier alpha value is -2.98. The number of carbonyl (C=O) groups is 1. The van der Waals surface area contributed by atoms with Crippen LogP contribution in [0.25, 0.3) is 0 Å². The lowest BCUT2D eigenvalue weighted by Gasteiger charge is -2.26. The molecule has 7 nitrogen and oxygen atoms in total. The van der Waals surface area contributed by atoms with Gasteiger partial charge < -0.3 is 30.3 Å². The SMILES string of the molecule is COc1ccc2c(c1)C[C@H](NC(=O)Nc1cc(C(C)(C)C)cc([C@@H](O)C(F)(F)F)c1OC)[C@@H]2O. The molecule has 1 aliphatic rings. The number of ether oxygens (including phenoxy) is 2. The zero-order valence-corrected chi connectivity index (χ0v) is 19.6. The predicted octanol–water partition coefficient (Wildman–Crippen LogP) is 4.38. The van der Waals surface area contributed by atoms with E-state index in [1.54, 1.807) is 39.0 Å². The Bertz CT molecular complexity index is 1070. The van der Waals surface area contributed by atoms with Crippen LogP contribution in [0.5, 0.6) is 11.5 Å². The lowest BCUT2D eigenvalue weighted by atomic mass is 9.84. The van der Waals surface area contributed by atoms with Gasteiger partial charge in [0.1, 0.15) is 11.5 Å². The molecule has 0 fully saturated rings. The molecule has 2 aromatic carbocycles. The number of amides is 2. The zero-order valence-electron chi connectivity index (χ0n) is 19.6. The van der Waals surface area contributed by atoms with Crippen molar-refractivity contribution in [2.45, 2.75) is 57.0 Å². The first-order chi connectivity index (χ1) is 15.8. The van der Waals surface area contributed by atoms with Crippen molar-refractivity contribution < 1.29 is 37.7 Å².